The number of hydrogen-bond donors (Lipinski definition) is 1. The van der Waals surface area contributed by atoms with E-state index in [-0.39, 0.29) is 12.1 Å². The maximum atomic E-state index is 6.19. The summed E-state index contributed by atoms with van der Waals surface area (Å²) in [6.45, 7) is 0.540. The Balaban J connectivity index is 1.60. The summed E-state index contributed by atoms with van der Waals surface area (Å²) in [7, 11) is 0. The largest absolute Gasteiger partial charge is 0.370 e. The minimum absolute atomic E-state index is 0.170. The second-order valence-corrected chi connectivity index (χ2v) is 5.74. The highest BCUT2D eigenvalue weighted by atomic mass is 16.5. The molecule has 0 radical (unpaired) electrons. The number of nitrogens with two attached hydrogens (primary N) is 1. The van der Waals surface area contributed by atoms with E-state index in [0.717, 1.165) is 24.2 Å². The molecule has 1 heterocycles. The molecular formula is C17H23N3O. The first-order valence-corrected chi connectivity index (χ1v) is 7.80. The summed E-state index contributed by atoms with van der Waals surface area (Å²) in [5.74, 6) is 0. The number of hydrogen-bond acceptors (Lipinski definition) is 3. The summed E-state index contributed by atoms with van der Waals surface area (Å²) in [5.41, 5.74) is 8.21. The van der Waals surface area contributed by atoms with Gasteiger partial charge in [-0.2, -0.15) is 5.10 Å². The van der Waals surface area contributed by atoms with Crippen molar-refractivity contribution >= 4 is 0 Å². The molecule has 2 aromatic rings. The molecule has 0 bridgehead atoms. The fourth-order valence-electron chi connectivity index (χ4n) is 2.86. The van der Waals surface area contributed by atoms with Gasteiger partial charge in [0.15, 0.2) is 0 Å². The second-order valence-electron chi connectivity index (χ2n) is 5.74. The zero-order chi connectivity index (χ0) is 14.5. The fourth-order valence-corrected chi connectivity index (χ4v) is 2.86. The Hall–Kier alpha value is -1.65. The lowest BCUT2D eigenvalue weighted by Crippen LogP contribution is -2.35. The van der Waals surface area contributed by atoms with Crippen LogP contribution < -0.4 is 5.73 Å². The topological polar surface area (TPSA) is 53.1 Å². The fraction of sp³-hybridized carbons (Fsp3) is 0.471. The number of ether oxygens (including phenoxy) is 1. The first-order chi connectivity index (χ1) is 10.3. The summed E-state index contributed by atoms with van der Waals surface area (Å²) in [6.07, 6.45) is 8.01. The Morgan fingerprint density at radius 2 is 1.90 bits per heavy atom. The molecule has 21 heavy (non-hydrogen) atoms. The number of benzene rings is 1. The predicted molar refractivity (Wildman–Crippen MR) is 83.2 cm³/mol. The molecule has 0 spiro atoms. The van der Waals surface area contributed by atoms with Gasteiger partial charge in [0.2, 0.25) is 0 Å². The van der Waals surface area contributed by atoms with E-state index in [1.807, 2.05) is 47.3 Å². The first kappa shape index (κ1) is 14.3. The van der Waals surface area contributed by atoms with E-state index < -0.39 is 0 Å². The molecule has 1 aliphatic carbocycles. The van der Waals surface area contributed by atoms with Gasteiger partial charge in [-0.3, -0.25) is 0 Å². The number of rotatable bonds is 4. The molecule has 2 unspecified atom stereocenters. The van der Waals surface area contributed by atoms with E-state index in [1.165, 1.54) is 19.3 Å². The van der Waals surface area contributed by atoms with Crippen LogP contribution in [-0.4, -0.2) is 21.9 Å². The summed E-state index contributed by atoms with van der Waals surface area (Å²) in [5, 5.41) is 4.56. The molecular weight excluding hydrogens is 262 g/mol. The maximum absolute atomic E-state index is 6.19. The molecule has 1 aromatic carbocycles. The molecule has 3 rings (SSSR count). The van der Waals surface area contributed by atoms with Gasteiger partial charge in [0.05, 0.1) is 24.1 Å². The Labute approximate surface area is 125 Å². The van der Waals surface area contributed by atoms with Gasteiger partial charge in [0.1, 0.15) is 0 Å². The van der Waals surface area contributed by atoms with Gasteiger partial charge in [0.25, 0.3) is 0 Å². The van der Waals surface area contributed by atoms with Crippen molar-refractivity contribution in [2.45, 2.75) is 50.9 Å². The molecule has 0 aliphatic heterocycles. The molecule has 112 valence electrons. The Bertz CT molecular complexity index is 552. The van der Waals surface area contributed by atoms with Gasteiger partial charge in [-0.05, 0) is 31.0 Å². The lowest BCUT2D eigenvalue weighted by molar-refractivity contribution is 0.0177. The smallest absolute Gasteiger partial charge is 0.0911 e. The van der Waals surface area contributed by atoms with Gasteiger partial charge in [-0.25, -0.2) is 4.68 Å². The van der Waals surface area contributed by atoms with Gasteiger partial charge >= 0.3 is 0 Å². The quantitative estimate of drug-likeness (QED) is 0.878. The Kier molecular flexibility index (Phi) is 4.68. The number of para-hydroxylation sites is 1. The first-order valence-electron chi connectivity index (χ1n) is 7.80. The van der Waals surface area contributed by atoms with Crippen LogP contribution in [0, 0.1) is 0 Å². The highest BCUT2D eigenvalue weighted by molar-refractivity contribution is 5.30. The molecule has 1 fully saturated rings. The van der Waals surface area contributed by atoms with E-state index in [1.54, 1.807) is 0 Å². The second kappa shape index (κ2) is 6.87. The lowest BCUT2D eigenvalue weighted by atomic mass is 10.1. The molecule has 1 saturated carbocycles. The van der Waals surface area contributed by atoms with Crippen LogP contribution in [0.3, 0.4) is 0 Å². The lowest BCUT2D eigenvalue weighted by Gasteiger charge is -2.21. The van der Waals surface area contributed by atoms with Crippen molar-refractivity contribution in [3.8, 4) is 5.69 Å². The van der Waals surface area contributed by atoms with E-state index in [4.69, 9.17) is 10.5 Å². The molecule has 4 heteroatoms. The van der Waals surface area contributed by atoms with Gasteiger partial charge in [-0.1, -0.05) is 37.5 Å². The molecule has 4 nitrogen and oxygen atoms in total. The minimum atomic E-state index is 0.170. The van der Waals surface area contributed by atoms with Crippen molar-refractivity contribution in [2.75, 3.05) is 0 Å². The van der Waals surface area contributed by atoms with Crippen LogP contribution in [0.2, 0.25) is 0 Å². The number of nitrogens with zero attached hydrogens (tertiary/aromatic N) is 2. The SMILES string of the molecule is NC1CCCCCC1OCc1ccn(-c2ccccc2)n1. The molecule has 2 atom stereocenters. The number of aromatic nitrogens is 2. The molecule has 2 N–H and O–H groups in total. The van der Waals surface area contributed by atoms with E-state index >= 15 is 0 Å². The molecule has 1 aliphatic rings. The van der Waals surface area contributed by atoms with Gasteiger partial charge in [-0.15, -0.1) is 0 Å². The van der Waals surface area contributed by atoms with Crippen molar-refractivity contribution in [3.05, 3.63) is 48.3 Å². The van der Waals surface area contributed by atoms with Crippen LogP contribution >= 0.6 is 0 Å². The third-order valence-electron chi connectivity index (χ3n) is 4.11. The van der Waals surface area contributed by atoms with Crippen LogP contribution in [0.5, 0.6) is 0 Å². The Morgan fingerprint density at radius 3 is 2.76 bits per heavy atom. The Morgan fingerprint density at radius 1 is 1.10 bits per heavy atom. The minimum Gasteiger partial charge on any atom is -0.370 e. The van der Waals surface area contributed by atoms with Crippen LogP contribution in [0.4, 0.5) is 0 Å². The molecule has 1 aromatic heterocycles. The van der Waals surface area contributed by atoms with Gasteiger partial charge < -0.3 is 10.5 Å². The normalized spacial score (nSPS) is 22.9. The third-order valence-corrected chi connectivity index (χ3v) is 4.11. The van der Waals surface area contributed by atoms with Crippen molar-refractivity contribution in [3.63, 3.8) is 0 Å². The predicted octanol–water partition coefficient (Wildman–Crippen LogP) is 3.05. The average molecular weight is 285 g/mol. The third kappa shape index (κ3) is 3.71. The van der Waals surface area contributed by atoms with Crippen LogP contribution in [0.1, 0.15) is 37.8 Å². The van der Waals surface area contributed by atoms with Crippen LogP contribution in [0.25, 0.3) is 5.69 Å². The highest BCUT2D eigenvalue weighted by Crippen LogP contribution is 2.20. The van der Waals surface area contributed by atoms with E-state index in [2.05, 4.69) is 5.10 Å². The van der Waals surface area contributed by atoms with Crippen molar-refractivity contribution in [2.24, 2.45) is 5.73 Å². The zero-order valence-electron chi connectivity index (χ0n) is 12.3. The van der Waals surface area contributed by atoms with Gasteiger partial charge in [0, 0.05) is 12.2 Å². The van der Waals surface area contributed by atoms with Crippen molar-refractivity contribution < 1.29 is 4.74 Å². The monoisotopic (exact) mass is 285 g/mol. The summed E-state index contributed by atoms with van der Waals surface area (Å²) < 4.78 is 7.89. The standard InChI is InChI=1S/C17H23N3O/c18-16-9-5-2-6-10-17(16)21-13-14-11-12-20(19-14)15-7-3-1-4-8-15/h1,3-4,7-8,11-12,16-17H,2,5-6,9-10,13,18H2. The van der Waals surface area contributed by atoms with E-state index in [0.29, 0.717) is 6.61 Å². The summed E-state index contributed by atoms with van der Waals surface area (Å²) in [4.78, 5) is 0. The van der Waals surface area contributed by atoms with Crippen LogP contribution in [-0.2, 0) is 11.3 Å². The summed E-state index contributed by atoms with van der Waals surface area (Å²) in [6, 6.07) is 12.3. The summed E-state index contributed by atoms with van der Waals surface area (Å²) >= 11 is 0. The van der Waals surface area contributed by atoms with Crippen molar-refractivity contribution in [1.82, 2.24) is 9.78 Å². The van der Waals surface area contributed by atoms with Crippen LogP contribution in [0.15, 0.2) is 42.6 Å². The van der Waals surface area contributed by atoms with E-state index in [9.17, 15) is 0 Å². The molecule has 0 saturated heterocycles. The zero-order valence-corrected chi connectivity index (χ0v) is 12.3. The molecule has 0 amide bonds. The highest BCUT2D eigenvalue weighted by Gasteiger charge is 2.21. The average Bonchev–Trinajstić information content (AvgIpc) is 2.90. The van der Waals surface area contributed by atoms with Crippen molar-refractivity contribution in [1.29, 1.82) is 0 Å². The maximum Gasteiger partial charge on any atom is 0.0911 e.